The molecule has 0 spiro atoms. The van der Waals surface area contributed by atoms with Crippen molar-refractivity contribution in [2.75, 3.05) is 20.7 Å². The minimum absolute atomic E-state index is 0.120. The van der Waals surface area contributed by atoms with Gasteiger partial charge in [0.25, 0.3) is 5.91 Å². The molecule has 1 aliphatic rings. The van der Waals surface area contributed by atoms with Crippen LogP contribution in [0.1, 0.15) is 23.6 Å². The number of benzene rings is 2. The van der Waals surface area contributed by atoms with Crippen LogP contribution in [-0.2, 0) is 11.4 Å². The average Bonchev–Trinajstić information content (AvgIpc) is 2.87. The first-order valence-electron chi connectivity index (χ1n) is 9.13. The molecule has 0 saturated carbocycles. The summed E-state index contributed by atoms with van der Waals surface area (Å²) in [5.74, 6) is 1.20. The van der Waals surface area contributed by atoms with Crippen molar-refractivity contribution in [1.82, 2.24) is 9.80 Å². The summed E-state index contributed by atoms with van der Waals surface area (Å²) in [6, 6.07) is 13.9. The molecule has 0 N–H and O–H groups in total. The highest BCUT2D eigenvalue weighted by atomic mass is 32.1. The maximum atomic E-state index is 12.4. The van der Waals surface area contributed by atoms with Gasteiger partial charge in [0.1, 0.15) is 12.3 Å². The highest BCUT2D eigenvalue weighted by molar-refractivity contribution is 7.80. The Balaban J connectivity index is 1.82. The summed E-state index contributed by atoms with van der Waals surface area (Å²) in [6.45, 7) is 4.96. The summed E-state index contributed by atoms with van der Waals surface area (Å²) in [5, 5.41) is 0.485. The Hall–Kier alpha value is -2.86. The summed E-state index contributed by atoms with van der Waals surface area (Å²) >= 11 is 5.26. The Bertz CT molecular complexity index is 922. The number of nitrogens with zero attached hydrogens (tertiary/aromatic N) is 2. The van der Waals surface area contributed by atoms with Gasteiger partial charge in [0.05, 0.1) is 6.61 Å². The quantitative estimate of drug-likeness (QED) is 0.545. The number of thiocarbonyl (C=S) groups is 1. The lowest BCUT2D eigenvalue weighted by Gasteiger charge is -2.14. The third-order valence-corrected chi connectivity index (χ3v) is 5.09. The summed E-state index contributed by atoms with van der Waals surface area (Å²) in [6.07, 6.45) is 1.81. The van der Waals surface area contributed by atoms with E-state index in [0.717, 1.165) is 11.1 Å². The van der Waals surface area contributed by atoms with E-state index < -0.39 is 0 Å². The predicted octanol–water partition coefficient (Wildman–Crippen LogP) is 4.00. The van der Waals surface area contributed by atoms with Crippen molar-refractivity contribution in [3.8, 4) is 11.5 Å². The van der Waals surface area contributed by atoms with Gasteiger partial charge in [0.2, 0.25) is 0 Å². The zero-order valence-electron chi connectivity index (χ0n) is 16.6. The Kier molecular flexibility index (Phi) is 5.99. The van der Waals surface area contributed by atoms with E-state index in [9.17, 15) is 4.79 Å². The van der Waals surface area contributed by atoms with E-state index in [1.807, 2.05) is 31.2 Å². The van der Waals surface area contributed by atoms with Gasteiger partial charge in [-0.2, -0.15) is 0 Å². The van der Waals surface area contributed by atoms with Crippen molar-refractivity contribution in [2.45, 2.75) is 20.5 Å². The molecule has 28 heavy (non-hydrogen) atoms. The lowest BCUT2D eigenvalue weighted by atomic mass is 10.1. The van der Waals surface area contributed by atoms with Crippen LogP contribution in [-0.4, -0.2) is 41.5 Å². The van der Waals surface area contributed by atoms with Gasteiger partial charge in [-0.3, -0.25) is 9.69 Å². The lowest BCUT2D eigenvalue weighted by Crippen LogP contribution is -2.26. The molecule has 0 atom stereocenters. The lowest BCUT2D eigenvalue weighted by molar-refractivity contribution is -0.121. The van der Waals surface area contributed by atoms with Crippen molar-refractivity contribution >= 4 is 29.3 Å². The topological polar surface area (TPSA) is 42.0 Å². The maximum absolute atomic E-state index is 12.4. The van der Waals surface area contributed by atoms with Gasteiger partial charge in [0, 0.05) is 14.1 Å². The largest absolute Gasteiger partial charge is 0.490 e. The van der Waals surface area contributed by atoms with Crippen molar-refractivity contribution < 1.29 is 14.3 Å². The van der Waals surface area contributed by atoms with Crippen LogP contribution >= 0.6 is 12.2 Å². The first kappa shape index (κ1) is 19.9. The first-order chi connectivity index (χ1) is 13.4. The molecule has 0 aromatic heterocycles. The highest BCUT2D eigenvalue weighted by Gasteiger charge is 2.32. The van der Waals surface area contributed by atoms with E-state index in [1.165, 1.54) is 10.5 Å². The van der Waals surface area contributed by atoms with Crippen molar-refractivity contribution in [3.05, 3.63) is 64.9 Å². The molecule has 1 saturated heterocycles. The van der Waals surface area contributed by atoms with E-state index in [1.54, 1.807) is 19.0 Å². The van der Waals surface area contributed by atoms with E-state index >= 15 is 0 Å². The molecule has 1 fully saturated rings. The molecule has 5 nitrogen and oxygen atoms in total. The number of carbonyl (C=O) groups excluding carboxylic acids is 1. The molecule has 1 amide bonds. The number of hydrogen-bond donors (Lipinski definition) is 0. The Morgan fingerprint density at radius 2 is 1.71 bits per heavy atom. The second-order valence-corrected chi connectivity index (χ2v) is 7.01. The first-order valence-corrected chi connectivity index (χ1v) is 9.54. The average molecular weight is 397 g/mol. The third-order valence-electron chi connectivity index (χ3n) is 4.54. The molecule has 3 rings (SSSR count). The SMILES string of the molecule is CCOc1cc(/C=C2/C(=O)N(C)C(=S)N2C)ccc1OCc1ccc(C)cc1. The molecule has 146 valence electrons. The number of hydrogen-bond acceptors (Lipinski definition) is 4. The number of rotatable bonds is 6. The molecule has 0 radical (unpaired) electrons. The number of likely N-dealkylation sites (N-methyl/N-ethyl adjacent to an activating group) is 2. The van der Waals surface area contributed by atoms with Gasteiger partial charge >= 0.3 is 0 Å². The second-order valence-electron chi connectivity index (χ2n) is 6.65. The fourth-order valence-electron chi connectivity index (χ4n) is 2.89. The predicted molar refractivity (Wildman–Crippen MR) is 114 cm³/mol. The van der Waals surface area contributed by atoms with Crippen LogP contribution in [0.2, 0.25) is 0 Å². The van der Waals surface area contributed by atoms with Gasteiger partial charge in [0.15, 0.2) is 16.6 Å². The molecule has 2 aromatic rings. The minimum Gasteiger partial charge on any atom is -0.490 e. The molecular weight excluding hydrogens is 372 g/mol. The van der Waals surface area contributed by atoms with Gasteiger partial charge in [-0.25, -0.2) is 0 Å². The van der Waals surface area contributed by atoms with Crippen LogP contribution < -0.4 is 9.47 Å². The molecular formula is C22H24N2O3S. The van der Waals surface area contributed by atoms with Crippen molar-refractivity contribution in [2.24, 2.45) is 0 Å². The van der Waals surface area contributed by atoms with Crippen LogP contribution in [0.3, 0.4) is 0 Å². The fraction of sp³-hybridized carbons (Fsp3) is 0.273. The van der Waals surface area contributed by atoms with Crippen LogP contribution in [0, 0.1) is 6.92 Å². The van der Waals surface area contributed by atoms with Crippen LogP contribution in [0.4, 0.5) is 0 Å². The molecule has 6 heteroatoms. The van der Waals surface area contributed by atoms with E-state index in [-0.39, 0.29) is 5.91 Å². The Labute approximate surface area is 171 Å². The van der Waals surface area contributed by atoms with E-state index in [0.29, 0.717) is 35.5 Å². The van der Waals surface area contributed by atoms with Crippen LogP contribution in [0.5, 0.6) is 11.5 Å². The fourth-order valence-corrected chi connectivity index (χ4v) is 3.08. The molecule has 0 aliphatic carbocycles. The number of ether oxygens (including phenoxy) is 2. The number of carbonyl (C=O) groups is 1. The summed E-state index contributed by atoms with van der Waals surface area (Å²) in [7, 11) is 3.47. The summed E-state index contributed by atoms with van der Waals surface area (Å²) in [5.41, 5.74) is 3.68. The Morgan fingerprint density at radius 1 is 1.00 bits per heavy atom. The zero-order chi connectivity index (χ0) is 20.3. The molecule has 1 aliphatic heterocycles. The highest BCUT2D eigenvalue weighted by Crippen LogP contribution is 2.31. The van der Waals surface area contributed by atoms with Crippen molar-refractivity contribution in [3.63, 3.8) is 0 Å². The van der Waals surface area contributed by atoms with Crippen LogP contribution in [0.25, 0.3) is 6.08 Å². The van der Waals surface area contributed by atoms with E-state index in [2.05, 4.69) is 31.2 Å². The minimum atomic E-state index is -0.120. The second kappa shape index (κ2) is 8.44. The molecule has 2 aromatic carbocycles. The summed E-state index contributed by atoms with van der Waals surface area (Å²) in [4.78, 5) is 15.5. The summed E-state index contributed by atoms with van der Waals surface area (Å²) < 4.78 is 11.7. The molecule has 0 unspecified atom stereocenters. The van der Waals surface area contributed by atoms with Gasteiger partial charge in [-0.1, -0.05) is 35.9 Å². The smallest absolute Gasteiger partial charge is 0.276 e. The van der Waals surface area contributed by atoms with Gasteiger partial charge in [-0.05, 0) is 55.4 Å². The van der Waals surface area contributed by atoms with E-state index in [4.69, 9.17) is 21.7 Å². The number of amides is 1. The number of aryl methyl sites for hydroxylation is 1. The monoisotopic (exact) mass is 396 g/mol. The standard InChI is InChI=1S/C22H24N2O3S/c1-5-26-20-13-17(12-18-21(25)24(4)22(28)23(18)3)10-11-19(20)27-14-16-8-6-15(2)7-9-16/h6-13H,5,14H2,1-4H3/b18-12-. The maximum Gasteiger partial charge on any atom is 0.276 e. The molecule has 0 bridgehead atoms. The third kappa shape index (κ3) is 4.17. The Morgan fingerprint density at radius 3 is 2.32 bits per heavy atom. The van der Waals surface area contributed by atoms with Crippen molar-refractivity contribution in [1.29, 1.82) is 0 Å². The molecule has 1 heterocycles. The normalized spacial score (nSPS) is 15.5. The van der Waals surface area contributed by atoms with Crippen LogP contribution in [0.15, 0.2) is 48.2 Å². The van der Waals surface area contributed by atoms with Gasteiger partial charge in [-0.15, -0.1) is 0 Å². The zero-order valence-corrected chi connectivity index (χ0v) is 17.4. The van der Waals surface area contributed by atoms with Gasteiger partial charge < -0.3 is 14.4 Å².